The van der Waals surface area contributed by atoms with Gasteiger partial charge in [-0.2, -0.15) is 0 Å². The van der Waals surface area contributed by atoms with Gasteiger partial charge in [0.15, 0.2) is 0 Å². The number of hydrogen-bond acceptors (Lipinski definition) is 5. The molecule has 0 aromatic heterocycles. The summed E-state index contributed by atoms with van der Waals surface area (Å²) in [4.78, 5) is 36.6. The molecule has 8 nitrogen and oxygen atoms in total. The topological polar surface area (TPSA) is 125 Å². The number of aliphatic hydroxyl groups excluding tert-OH is 1. The van der Waals surface area contributed by atoms with Gasteiger partial charge in [0.2, 0.25) is 5.91 Å². The summed E-state index contributed by atoms with van der Waals surface area (Å²) in [7, 11) is 0. The number of rotatable bonds is 10. The molecule has 4 rings (SSSR count). The molecule has 1 saturated carbocycles. The van der Waals surface area contributed by atoms with E-state index in [0.29, 0.717) is 0 Å². The van der Waals surface area contributed by atoms with Crippen molar-refractivity contribution in [3.63, 3.8) is 0 Å². The van der Waals surface area contributed by atoms with Crippen molar-refractivity contribution in [2.45, 2.75) is 50.1 Å². The average Bonchev–Trinajstić information content (AvgIpc) is 3.61. The van der Waals surface area contributed by atoms with Gasteiger partial charge in [0.05, 0.1) is 5.54 Å². The van der Waals surface area contributed by atoms with Crippen molar-refractivity contribution >= 4 is 18.0 Å². The lowest BCUT2D eigenvalue weighted by Gasteiger charge is -2.31. The molecule has 4 N–H and O–H groups in total. The van der Waals surface area contributed by atoms with Crippen LogP contribution in [0, 0.1) is 5.92 Å². The fourth-order valence-electron chi connectivity index (χ4n) is 4.84. The molecule has 0 saturated heterocycles. The lowest BCUT2D eigenvalue weighted by molar-refractivity contribution is -0.142. The van der Waals surface area contributed by atoms with Crippen LogP contribution in [-0.4, -0.2) is 53.0 Å². The zero-order valence-corrected chi connectivity index (χ0v) is 19.1. The molecule has 2 atom stereocenters. The van der Waals surface area contributed by atoms with E-state index in [9.17, 15) is 19.5 Å². The molecular weight excluding hydrogens is 436 g/mol. The Morgan fingerprint density at radius 1 is 1.06 bits per heavy atom. The van der Waals surface area contributed by atoms with Crippen LogP contribution in [0.3, 0.4) is 0 Å². The van der Waals surface area contributed by atoms with Crippen molar-refractivity contribution in [1.82, 2.24) is 10.6 Å². The Morgan fingerprint density at radius 2 is 1.65 bits per heavy atom. The number of benzene rings is 2. The second-order valence-electron chi connectivity index (χ2n) is 9.29. The van der Waals surface area contributed by atoms with Gasteiger partial charge in [-0.15, -0.1) is 0 Å². The quantitative estimate of drug-likeness (QED) is 0.427. The van der Waals surface area contributed by atoms with E-state index in [1.165, 1.54) is 0 Å². The zero-order chi connectivity index (χ0) is 24.3. The molecule has 180 valence electrons. The Kier molecular flexibility index (Phi) is 6.88. The number of amides is 2. The maximum atomic E-state index is 12.8. The minimum absolute atomic E-state index is 0.0663. The van der Waals surface area contributed by atoms with Crippen molar-refractivity contribution in [3.8, 4) is 11.1 Å². The first-order valence-electron chi connectivity index (χ1n) is 11.6. The number of alkyl carbamates (subject to hydrolysis) is 1. The van der Waals surface area contributed by atoms with E-state index >= 15 is 0 Å². The summed E-state index contributed by atoms with van der Waals surface area (Å²) >= 11 is 0. The molecule has 0 spiro atoms. The maximum absolute atomic E-state index is 12.8. The normalized spacial score (nSPS) is 17.1. The molecule has 0 bridgehead atoms. The highest BCUT2D eigenvalue weighted by Gasteiger charge is 2.45. The van der Waals surface area contributed by atoms with Crippen LogP contribution in [0.1, 0.15) is 49.7 Å². The van der Waals surface area contributed by atoms with Crippen LogP contribution in [-0.2, 0) is 14.3 Å². The molecule has 8 heteroatoms. The Balaban J connectivity index is 1.39. The van der Waals surface area contributed by atoms with Crippen LogP contribution >= 0.6 is 0 Å². The van der Waals surface area contributed by atoms with E-state index in [1.807, 2.05) is 36.4 Å². The van der Waals surface area contributed by atoms with Crippen molar-refractivity contribution in [1.29, 1.82) is 0 Å². The molecule has 2 unspecified atom stereocenters. The maximum Gasteiger partial charge on any atom is 0.407 e. The summed E-state index contributed by atoms with van der Waals surface area (Å²) in [6.07, 6.45) is 0.978. The van der Waals surface area contributed by atoms with Gasteiger partial charge < -0.3 is 25.6 Å². The third kappa shape index (κ3) is 5.07. The van der Waals surface area contributed by atoms with E-state index < -0.39 is 29.6 Å². The van der Waals surface area contributed by atoms with Gasteiger partial charge in [0, 0.05) is 25.4 Å². The summed E-state index contributed by atoms with van der Waals surface area (Å²) < 4.78 is 5.64. The molecule has 0 heterocycles. The first kappa shape index (κ1) is 23.8. The molecule has 0 radical (unpaired) electrons. The molecule has 34 heavy (non-hydrogen) atoms. The molecule has 2 aromatic rings. The summed E-state index contributed by atoms with van der Waals surface area (Å²) in [6.45, 7) is 1.60. The van der Waals surface area contributed by atoms with E-state index in [-0.39, 0.29) is 37.9 Å². The van der Waals surface area contributed by atoms with Crippen molar-refractivity contribution in [2.24, 2.45) is 5.92 Å². The van der Waals surface area contributed by atoms with Crippen LogP contribution < -0.4 is 10.6 Å². The standard InChI is InChI=1S/C26H30N2O6/c1-26(16-10-11-16,14-23(30)27-22(12-13-29)24(31)32)28-25(33)34-15-21-19-8-4-2-6-17(19)18-7-3-5-9-20(18)21/h2-9,16,21-22,29H,10-15H2,1H3,(H,27,30)(H,28,33)(H,31,32). The fourth-order valence-corrected chi connectivity index (χ4v) is 4.84. The minimum Gasteiger partial charge on any atom is -0.480 e. The molecule has 0 aliphatic heterocycles. The van der Waals surface area contributed by atoms with Crippen LogP contribution in [0.25, 0.3) is 11.1 Å². The number of fused-ring (bicyclic) bond motifs is 3. The van der Waals surface area contributed by atoms with Gasteiger partial charge in [0.1, 0.15) is 12.6 Å². The summed E-state index contributed by atoms with van der Waals surface area (Å²) in [5, 5.41) is 23.6. The van der Waals surface area contributed by atoms with Gasteiger partial charge in [-0.25, -0.2) is 9.59 Å². The SMILES string of the molecule is CC(CC(=O)NC(CCO)C(=O)O)(NC(=O)OCC1c2ccccc2-c2ccccc21)C1CC1. The number of carboxylic acids is 1. The van der Waals surface area contributed by atoms with Crippen LogP contribution in [0.15, 0.2) is 48.5 Å². The van der Waals surface area contributed by atoms with Gasteiger partial charge in [-0.05, 0) is 47.9 Å². The molecular formula is C26H30N2O6. The second-order valence-corrected chi connectivity index (χ2v) is 9.29. The number of hydrogen-bond donors (Lipinski definition) is 4. The highest BCUT2D eigenvalue weighted by Crippen LogP contribution is 2.45. The number of aliphatic carboxylic acids is 1. The van der Waals surface area contributed by atoms with Gasteiger partial charge in [-0.3, -0.25) is 4.79 Å². The molecule has 2 amide bonds. The largest absolute Gasteiger partial charge is 0.480 e. The Hall–Kier alpha value is -3.39. The number of carboxylic acid groups (broad SMARTS) is 1. The fraction of sp³-hybridized carbons (Fsp3) is 0.423. The van der Waals surface area contributed by atoms with Crippen LogP contribution in [0.5, 0.6) is 0 Å². The highest BCUT2D eigenvalue weighted by molar-refractivity contribution is 5.85. The number of ether oxygens (including phenoxy) is 1. The summed E-state index contributed by atoms with van der Waals surface area (Å²) in [5.41, 5.74) is 3.66. The van der Waals surface area contributed by atoms with Crippen molar-refractivity contribution in [3.05, 3.63) is 59.7 Å². The Labute approximate surface area is 198 Å². The Bertz CT molecular complexity index is 1040. The number of carbonyl (C=O) groups is 3. The molecule has 2 aliphatic carbocycles. The molecule has 1 fully saturated rings. The minimum atomic E-state index is -1.21. The average molecular weight is 467 g/mol. The monoisotopic (exact) mass is 466 g/mol. The summed E-state index contributed by atoms with van der Waals surface area (Å²) in [6, 6.07) is 15.0. The first-order valence-corrected chi connectivity index (χ1v) is 11.6. The van der Waals surface area contributed by atoms with Gasteiger partial charge in [-0.1, -0.05) is 48.5 Å². The van der Waals surface area contributed by atoms with Crippen molar-refractivity contribution < 1.29 is 29.3 Å². The zero-order valence-electron chi connectivity index (χ0n) is 19.1. The highest BCUT2D eigenvalue weighted by atomic mass is 16.5. The third-order valence-electron chi connectivity index (χ3n) is 6.79. The predicted molar refractivity (Wildman–Crippen MR) is 125 cm³/mol. The lowest BCUT2D eigenvalue weighted by atomic mass is 9.91. The van der Waals surface area contributed by atoms with E-state index in [1.54, 1.807) is 6.92 Å². The number of aliphatic hydroxyl groups is 1. The second kappa shape index (κ2) is 9.85. The van der Waals surface area contributed by atoms with Gasteiger partial charge >= 0.3 is 12.1 Å². The lowest BCUT2D eigenvalue weighted by Crippen LogP contribution is -2.52. The first-order chi connectivity index (χ1) is 16.3. The summed E-state index contributed by atoms with van der Waals surface area (Å²) in [5.74, 6) is -1.66. The van der Waals surface area contributed by atoms with Crippen LogP contribution in [0.2, 0.25) is 0 Å². The molecule has 2 aliphatic rings. The Morgan fingerprint density at radius 3 is 2.18 bits per heavy atom. The third-order valence-corrected chi connectivity index (χ3v) is 6.79. The van der Waals surface area contributed by atoms with E-state index in [4.69, 9.17) is 9.84 Å². The van der Waals surface area contributed by atoms with E-state index in [0.717, 1.165) is 35.1 Å². The van der Waals surface area contributed by atoms with Crippen LogP contribution in [0.4, 0.5) is 4.79 Å². The van der Waals surface area contributed by atoms with Crippen molar-refractivity contribution in [2.75, 3.05) is 13.2 Å². The molecule has 2 aromatic carbocycles. The number of carbonyl (C=O) groups excluding carboxylic acids is 2. The predicted octanol–water partition coefficient (Wildman–Crippen LogP) is 3.04. The van der Waals surface area contributed by atoms with Gasteiger partial charge in [0.25, 0.3) is 0 Å². The van der Waals surface area contributed by atoms with E-state index in [2.05, 4.69) is 22.8 Å². The smallest absolute Gasteiger partial charge is 0.407 e. The number of nitrogens with one attached hydrogen (secondary N) is 2.